The summed E-state index contributed by atoms with van der Waals surface area (Å²) in [5.41, 5.74) is 3.06. The standard InChI is InChI=1S/C21H26N4O2S/c1-4-5-8-13-22-20-21(24-18-10-7-6-9-17(18)23-20)25-28(26,27)19-12-11-15(2)14-16(19)3/h6-7,9-12,14H,4-5,8,13H2,1-3H3,(H,22,23)(H,24,25). The molecule has 1 aromatic heterocycles. The molecule has 28 heavy (non-hydrogen) atoms. The second-order valence-electron chi connectivity index (χ2n) is 6.92. The minimum Gasteiger partial charge on any atom is -0.367 e. The Labute approximate surface area is 166 Å². The summed E-state index contributed by atoms with van der Waals surface area (Å²) < 4.78 is 28.6. The van der Waals surface area contributed by atoms with Gasteiger partial charge in [-0.1, -0.05) is 49.6 Å². The lowest BCUT2D eigenvalue weighted by molar-refractivity contribution is 0.600. The fraction of sp³-hybridized carbons (Fsp3) is 0.333. The molecule has 3 rings (SSSR count). The zero-order chi connectivity index (χ0) is 20.1. The van der Waals surface area contributed by atoms with Crippen LogP contribution in [0.4, 0.5) is 11.6 Å². The molecule has 0 aliphatic heterocycles. The molecule has 0 unspecified atom stereocenters. The highest BCUT2D eigenvalue weighted by Crippen LogP contribution is 2.25. The number of unbranched alkanes of at least 4 members (excludes halogenated alkanes) is 2. The number of rotatable bonds is 8. The topological polar surface area (TPSA) is 84.0 Å². The van der Waals surface area contributed by atoms with E-state index in [1.165, 1.54) is 0 Å². The molecule has 6 nitrogen and oxygen atoms in total. The summed E-state index contributed by atoms with van der Waals surface area (Å²) >= 11 is 0. The number of nitrogens with zero attached hydrogens (tertiary/aromatic N) is 2. The second kappa shape index (κ2) is 8.56. The maximum absolute atomic E-state index is 13.0. The quantitative estimate of drug-likeness (QED) is 0.540. The normalized spacial score (nSPS) is 11.5. The van der Waals surface area contributed by atoms with Crippen LogP contribution >= 0.6 is 0 Å². The molecule has 0 saturated carbocycles. The highest BCUT2D eigenvalue weighted by Gasteiger charge is 2.20. The van der Waals surface area contributed by atoms with Crippen LogP contribution in [0.3, 0.4) is 0 Å². The van der Waals surface area contributed by atoms with Crippen molar-refractivity contribution in [1.29, 1.82) is 0 Å². The van der Waals surface area contributed by atoms with Crippen LogP contribution in [0.2, 0.25) is 0 Å². The van der Waals surface area contributed by atoms with Gasteiger partial charge in [-0.05, 0) is 44.0 Å². The lowest BCUT2D eigenvalue weighted by atomic mass is 10.2. The molecule has 0 amide bonds. The van der Waals surface area contributed by atoms with Crippen molar-refractivity contribution in [2.24, 2.45) is 0 Å². The molecule has 2 N–H and O–H groups in total. The highest BCUT2D eigenvalue weighted by atomic mass is 32.2. The molecule has 0 fully saturated rings. The molecule has 0 aliphatic carbocycles. The molecule has 148 valence electrons. The summed E-state index contributed by atoms with van der Waals surface area (Å²) in [7, 11) is -3.78. The lowest BCUT2D eigenvalue weighted by Crippen LogP contribution is -2.18. The largest absolute Gasteiger partial charge is 0.367 e. The van der Waals surface area contributed by atoms with E-state index in [0.717, 1.165) is 30.3 Å². The highest BCUT2D eigenvalue weighted by molar-refractivity contribution is 7.92. The van der Waals surface area contributed by atoms with Crippen molar-refractivity contribution < 1.29 is 8.42 Å². The van der Waals surface area contributed by atoms with Crippen molar-refractivity contribution in [1.82, 2.24) is 9.97 Å². The van der Waals surface area contributed by atoms with E-state index in [9.17, 15) is 8.42 Å². The number of fused-ring (bicyclic) bond motifs is 1. The van der Waals surface area contributed by atoms with Crippen LogP contribution in [0, 0.1) is 13.8 Å². The minimum absolute atomic E-state index is 0.218. The van der Waals surface area contributed by atoms with E-state index in [1.54, 1.807) is 19.1 Å². The fourth-order valence-corrected chi connectivity index (χ4v) is 4.30. The number of benzene rings is 2. The SMILES string of the molecule is CCCCCNc1nc2ccccc2nc1NS(=O)(=O)c1ccc(C)cc1C. The maximum atomic E-state index is 13.0. The average molecular weight is 399 g/mol. The zero-order valence-electron chi connectivity index (χ0n) is 16.5. The Hall–Kier alpha value is -2.67. The Kier molecular flexibility index (Phi) is 6.14. The summed E-state index contributed by atoms with van der Waals surface area (Å²) in [6, 6.07) is 12.7. The summed E-state index contributed by atoms with van der Waals surface area (Å²) in [5.74, 6) is 0.665. The van der Waals surface area contributed by atoms with Crippen LogP contribution in [-0.2, 0) is 10.0 Å². The molecule has 0 saturated heterocycles. The first kappa shape index (κ1) is 20.1. The molecule has 1 heterocycles. The first-order chi connectivity index (χ1) is 13.4. The molecule has 0 aliphatic rings. The molecule has 3 aromatic rings. The predicted molar refractivity (Wildman–Crippen MR) is 114 cm³/mol. The van der Waals surface area contributed by atoms with Gasteiger partial charge < -0.3 is 5.32 Å². The van der Waals surface area contributed by atoms with Gasteiger partial charge in [0.2, 0.25) is 0 Å². The first-order valence-corrected chi connectivity index (χ1v) is 11.0. The smallest absolute Gasteiger partial charge is 0.263 e. The van der Waals surface area contributed by atoms with Crippen LogP contribution in [0.5, 0.6) is 0 Å². The predicted octanol–water partition coefficient (Wildman–Crippen LogP) is 4.65. The van der Waals surface area contributed by atoms with E-state index in [-0.39, 0.29) is 10.7 Å². The average Bonchev–Trinajstić information content (AvgIpc) is 2.64. The van der Waals surface area contributed by atoms with Crippen molar-refractivity contribution in [3.63, 3.8) is 0 Å². The number of nitrogens with one attached hydrogen (secondary N) is 2. The van der Waals surface area contributed by atoms with Crippen LogP contribution in [0.25, 0.3) is 11.0 Å². The lowest BCUT2D eigenvalue weighted by Gasteiger charge is -2.15. The van der Waals surface area contributed by atoms with Gasteiger partial charge in [0.1, 0.15) is 0 Å². The Morgan fingerprint density at radius 1 is 0.929 bits per heavy atom. The molecule has 0 radical (unpaired) electrons. The monoisotopic (exact) mass is 398 g/mol. The van der Waals surface area contributed by atoms with E-state index in [0.29, 0.717) is 23.4 Å². The van der Waals surface area contributed by atoms with Gasteiger partial charge in [0.25, 0.3) is 10.0 Å². The molecule has 7 heteroatoms. The van der Waals surface area contributed by atoms with E-state index in [4.69, 9.17) is 0 Å². The van der Waals surface area contributed by atoms with Crippen LogP contribution in [-0.4, -0.2) is 24.9 Å². The number of anilines is 2. The third kappa shape index (κ3) is 4.59. The fourth-order valence-electron chi connectivity index (χ4n) is 3.06. The number of hydrogen-bond acceptors (Lipinski definition) is 5. The Balaban J connectivity index is 1.97. The summed E-state index contributed by atoms with van der Waals surface area (Å²) in [6.07, 6.45) is 3.18. The van der Waals surface area contributed by atoms with Crippen molar-refractivity contribution in [3.05, 3.63) is 53.6 Å². The second-order valence-corrected chi connectivity index (χ2v) is 8.57. The van der Waals surface area contributed by atoms with Gasteiger partial charge in [-0.15, -0.1) is 0 Å². The summed E-state index contributed by atoms with van der Waals surface area (Å²) in [5, 5.41) is 3.24. The minimum atomic E-state index is -3.78. The molecule has 2 aromatic carbocycles. The molecule has 0 atom stereocenters. The zero-order valence-corrected chi connectivity index (χ0v) is 17.3. The molecular weight excluding hydrogens is 372 g/mol. The number of aryl methyl sites for hydroxylation is 2. The molecule has 0 bridgehead atoms. The molecule has 0 spiro atoms. The number of aromatic nitrogens is 2. The van der Waals surface area contributed by atoms with E-state index in [1.807, 2.05) is 37.3 Å². The van der Waals surface area contributed by atoms with Gasteiger partial charge in [0.05, 0.1) is 15.9 Å². The summed E-state index contributed by atoms with van der Waals surface area (Å²) in [6.45, 7) is 6.57. The van der Waals surface area contributed by atoms with Crippen molar-refractivity contribution in [3.8, 4) is 0 Å². The van der Waals surface area contributed by atoms with Gasteiger partial charge in [0, 0.05) is 6.54 Å². The van der Waals surface area contributed by atoms with Gasteiger partial charge >= 0.3 is 0 Å². The number of sulfonamides is 1. The van der Waals surface area contributed by atoms with Gasteiger partial charge in [-0.25, -0.2) is 18.4 Å². The van der Waals surface area contributed by atoms with Gasteiger partial charge in [-0.3, -0.25) is 4.72 Å². The van der Waals surface area contributed by atoms with Crippen LogP contribution in [0.15, 0.2) is 47.4 Å². The van der Waals surface area contributed by atoms with Crippen molar-refractivity contribution in [2.75, 3.05) is 16.6 Å². The number of para-hydroxylation sites is 2. The van der Waals surface area contributed by atoms with E-state index >= 15 is 0 Å². The Morgan fingerprint density at radius 2 is 1.61 bits per heavy atom. The summed E-state index contributed by atoms with van der Waals surface area (Å²) in [4.78, 5) is 9.34. The van der Waals surface area contributed by atoms with Crippen LogP contribution in [0.1, 0.15) is 37.3 Å². The van der Waals surface area contributed by atoms with Crippen molar-refractivity contribution in [2.45, 2.75) is 44.9 Å². The van der Waals surface area contributed by atoms with Gasteiger partial charge in [0.15, 0.2) is 11.6 Å². The third-order valence-corrected chi connectivity index (χ3v) is 5.99. The van der Waals surface area contributed by atoms with E-state index in [2.05, 4.69) is 26.9 Å². The molecular formula is C21H26N4O2S. The first-order valence-electron chi connectivity index (χ1n) is 9.51. The maximum Gasteiger partial charge on any atom is 0.263 e. The van der Waals surface area contributed by atoms with E-state index < -0.39 is 10.0 Å². The Morgan fingerprint density at radius 3 is 2.25 bits per heavy atom. The van der Waals surface area contributed by atoms with Crippen molar-refractivity contribution >= 4 is 32.7 Å². The third-order valence-electron chi connectivity index (χ3n) is 4.49. The van der Waals surface area contributed by atoms with Gasteiger partial charge in [-0.2, -0.15) is 0 Å². The van der Waals surface area contributed by atoms with Crippen LogP contribution < -0.4 is 10.0 Å². The number of hydrogen-bond donors (Lipinski definition) is 2. The Bertz CT molecular complexity index is 1080.